The number of fused-ring (bicyclic) bond motifs is 1. The number of rotatable bonds is 12. The monoisotopic (exact) mass is 498 g/mol. The van der Waals surface area contributed by atoms with E-state index >= 15 is 0 Å². The van der Waals surface area contributed by atoms with Gasteiger partial charge in [-0.1, -0.05) is 0 Å². The van der Waals surface area contributed by atoms with E-state index in [1.165, 1.54) is 64.2 Å². The SMILES string of the molecule is CCC[CH2][Sn]([CH]=C[C@@H](C)C1CCC2C(O)CCC[C@@]21C)([CH2]CCC)[CH2]CCC. The zero-order chi connectivity index (χ0) is 20.6. The fourth-order valence-electron chi connectivity index (χ4n) is 6.75. The molecule has 5 atom stereocenters. The number of allylic oxidation sites excluding steroid dienone is 1. The van der Waals surface area contributed by atoms with Gasteiger partial charge in [0.05, 0.1) is 0 Å². The van der Waals surface area contributed by atoms with E-state index in [-0.39, 0.29) is 6.10 Å². The van der Waals surface area contributed by atoms with E-state index in [2.05, 4.69) is 44.8 Å². The average molecular weight is 497 g/mol. The molecule has 0 aliphatic heterocycles. The molecule has 0 spiro atoms. The molecule has 2 aliphatic rings. The maximum atomic E-state index is 10.6. The summed E-state index contributed by atoms with van der Waals surface area (Å²) in [5.41, 5.74) is 0.385. The average Bonchev–Trinajstić information content (AvgIpc) is 3.05. The first-order valence-electron chi connectivity index (χ1n) is 12.8. The zero-order valence-electron chi connectivity index (χ0n) is 19.8. The van der Waals surface area contributed by atoms with Crippen LogP contribution < -0.4 is 0 Å². The van der Waals surface area contributed by atoms with Crippen LogP contribution in [0.4, 0.5) is 0 Å². The van der Waals surface area contributed by atoms with Crippen LogP contribution in [0, 0.1) is 23.2 Å². The van der Waals surface area contributed by atoms with Gasteiger partial charge in [-0.3, -0.25) is 0 Å². The topological polar surface area (TPSA) is 20.2 Å². The van der Waals surface area contributed by atoms with Gasteiger partial charge in [0.2, 0.25) is 0 Å². The summed E-state index contributed by atoms with van der Waals surface area (Å²) < 4.78 is 7.64. The Morgan fingerprint density at radius 2 is 1.54 bits per heavy atom. The molecule has 0 saturated heterocycles. The summed E-state index contributed by atoms with van der Waals surface area (Å²) in [7, 11) is 0. The van der Waals surface area contributed by atoms with Crippen LogP contribution in [0.2, 0.25) is 13.3 Å². The molecule has 164 valence electrons. The molecule has 3 unspecified atom stereocenters. The van der Waals surface area contributed by atoms with Crippen LogP contribution in [0.3, 0.4) is 0 Å². The van der Waals surface area contributed by atoms with Gasteiger partial charge >= 0.3 is 181 Å². The summed E-state index contributed by atoms with van der Waals surface area (Å²) in [5.74, 6) is 2.05. The predicted octanol–water partition coefficient (Wildman–Crippen LogP) is 8.14. The van der Waals surface area contributed by atoms with Crippen molar-refractivity contribution in [1.29, 1.82) is 0 Å². The first-order chi connectivity index (χ1) is 13.4. The molecule has 0 aromatic heterocycles. The van der Waals surface area contributed by atoms with E-state index in [4.69, 9.17) is 0 Å². The number of aliphatic hydroxyl groups is 1. The van der Waals surface area contributed by atoms with Crippen molar-refractivity contribution in [2.75, 3.05) is 0 Å². The van der Waals surface area contributed by atoms with Gasteiger partial charge in [-0.25, -0.2) is 0 Å². The van der Waals surface area contributed by atoms with Gasteiger partial charge in [0.15, 0.2) is 0 Å². The second kappa shape index (κ2) is 11.8. The first kappa shape index (κ1) is 24.8. The van der Waals surface area contributed by atoms with Crippen molar-refractivity contribution in [3.8, 4) is 0 Å². The van der Waals surface area contributed by atoms with Gasteiger partial charge in [0.1, 0.15) is 0 Å². The normalized spacial score (nSPS) is 32.0. The van der Waals surface area contributed by atoms with Gasteiger partial charge in [0.25, 0.3) is 0 Å². The summed E-state index contributed by atoms with van der Waals surface area (Å²) in [6.07, 6.45) is 17.4. The molecule has 2 rings (SSSR count). The molecule has 0 radical (unpaired) electrons. The molecule has 0 heterocycles. The quantitative estimate of drug-likeness (QED) is 0.270. The molecule has 2 aliphatic carbocycles. The molecule has 1 N–H and O–H groups in total. The van der Waals surface area contributed by atoms with Crippen LogP contribution >= 0.6 is 0 Å². The molecule has 2 fully saturated rings. The number of unbranched alkanes of at least 4 members (excludes halogenated alkanes) is 3. The third-order valence-corrected chi connectivity index (χ3v) is 22.8. The summed E-state index contributed by atoms with van der Waals surface area (Å²) in [5, 5.41) is 10.6. The minimum atomic E-state index is -2.16. The van der Waals surface area contributed by atoms with Crippen LogP contribution in [0.25, 0.3) is 0 Å². The molecule has 0 amide bonds. The van der Waals surface area contributed by atoms with E-state index in [1.807, 2.05) is 0 Å². The summed E-state index contributed by atoms with van der Waals surface area (Å²) >= 11 is -2.16. The van der Waals surface area contributed by atoms with Crippen molar-refractivity contribution in [2.24, 2.45) is 23.2 Å². The molecular weight excluding hydrogens is 447 g/mol. The minimum absolute atomic E-state index is 0.0307. The van der Waals surface area contributed by atoms with Crippen LogP contribution in [0.15, 0.2) is 10.2 Å². The molecule has 2 saturated carbocycles. The van der Waals surface area contributed by atoms with Crippen LogP contribution in [-0.4, -0.2) is 29.6 Å². The second-order valence-electron chi connectivity index (χ2n) is 10.6. The Morgan fingerprint density at radius 3 is 2.07 bits per heavy atom. The van der Waals surface area contributed by atoms with E-state index in [9.17, 15) is 5.11 Å². The summed E-state index contributed by atoms with van der Waals surface area (Å²) in [4.78, 5) is 0. The van der Waals surface area contributed by atoms with E-state index < -0.39 is 18.4 Å². The molecule has 2 heteroatoms. The molecular formula is C26H50OSn. The Balaban J connectivity index is 2.14. The Kier molecular flexibility index (Phi) is 10.4. The van der Waals surface area contributed by atoms with Crippen molar-refractivity contribution in [2.45, 2.75) is 125 Å². The Hall–Kier alpha value is 0.499. The fourth-order valence-corrected chi connectivity index (χ4v) is 21.4. The van der Waals surface area contributed by atoms with Crippen molar-refractivity contribution < 1.29 is 5.11 Å². The van der Waals surface area contributed by atoms with Crippen LogP contribution in [-0.2, 0) is 0 Å². The van der Waals surface area contributed by atoms with Crippen molar-refractivity contribution in [1.82, 2.24) is 0 Å². The molecule has 1 nitrogen and oxygen atoms in total. The predicted molar refractivity (Wildman–Crippen MR) is 127 cm³/mol. The number of hydrogen-bond acceptors (Lipinski definition) is 1. The summed E-state index contributed by atoms with van der Waals surface area (Å²) in [6.45, 7) is 12.1. The van der Waals surface area contributed by atoms with Crippen molar-refractivity contribution in [3.63, 3.8) is 0 Å². The van der Waals surface area contributed by atoms with Gasteiger partial charge < -0.3 is 0 Å². The zero-order valence-corrected chi connectivity index (χ0v) is 22.7. The Morgan fingerprint density at radius 1 is 0.964 bits per heavy atom. The van der Waals surface area contributed by atoms with Gasteiger partial charge in [-0.05, 0) is 0 Å². The van der Waals surface area contributed by atoms with Gasteiger partial charge in [0, 0.05) is 0 Å². The number of hydrogen-bond donors (Lipinski definition) is 1. The Labute approximate surface area is 181 Å². The van der Waals surface area contributed by atoms with Crippen LogP contribution in [0.5, 0.6) is 0 Å². The van der Waals surface area contributed by atoms with E-state index in [0.717, 1.165) is 12.3 Å². The molecule has 28 heavy (non-hydrogen) atoms. The van der Waals surface area contributed by atoms with Crippen molar-refractivity contribution >= 4 is 18.4 Å². The molecule has 0 aromatic rings. The van der Waals surface area contributed by atoms with Gasteiger partial charge in [-0.2, -0.15) is 0 Å². The van der Waals surface area contributed by atoms with E-state index in [0.29, 0.717) is 17.3 Å². The van der Waals surface area contributed by atoms with Crippen molar-refractivity contribution in [3.05, 3.63) is 10.2 Å². The van der Waals surface area contributed by atoms with Gasteiger partial charge in [-0.15, -0.1) is 0 Å². The van der Waals surface area contributed by atoms with Crippen LogP contribution in [0.1, 0.15) is 105 Å². The molecule has 0 aromatic carbocycles. The number of aliphatic hydroxyl groups excluding tert-OH is 1. The maximum absolute atomic E-state index is 10.6. The fraction of sp³-hybridized carbons (Fsp3) is 0.923. The first-order valence-corrected chi connectivity index (χ1v) is 20.5. The van der Waals surface area contributed by atoms with E-state index in [1.54, 1.807) is 13.3 Å². The molecule has 0 bridgehead atoms. The third kappa shape index (κ3) is 6.02. The third-order valence-electron chi connectivity index (χ3n) is 8.64. The standard InChI is InChI=1S/C14H23O.3C4H9.Sn/c1-4-10(2)11-7-8-12-13(15)6-5-9-14(11,12)3;3*1-3-4-2;/h1,4,10-13,15H,5-9H2,2-3H3;3*1,3-4H2,2H3;/t10-,11?,12?,13?,14-;;;;/m1..../s1. The summed E-state index contributed by atoms with van der Waals surface area (Å²) in [6, 6.07) is 0. The Bertz CT molecular complexity index is 451. The second-order valence-corrected chi connectivity index (χ2v) is 23.7.